The topological polar surface area (TPSA) is 21.7 Å². The van der Waals surface area contributed by atoms with Crippen molar-refractivity contribution in [1.29, 1.82) is 0 Å². The van der Waals surface area contributed by atoms with Crippen molar-refractivity contribution in [2.75, 3.05) is 27.0 Å². The number of nitrogens with zero attached hydrogens (tertiary/aromatic N) is 1. The van der Waals surface area contributed by atoms with Crippen molar-refractivity contribution in [2.45, 2.75) is 81.8 Å². The number of hydrogen-bond donors (Lipinski definition) is 0. The fourth-order valence-corrected chi connectivity index (χ4v) is 26.8. The number of methoxy groups -OCH3 is 1. The Morgan fingerprint density at radius 2 is 1.15 bits per heavy atom. The molecule has 0 aromatic heterocycles. The summed E-state index contributed by atoms with van der Waals surface area (Å²) >= 11 is -2.82. The average molecular weight is 647 g/mol. The first-order valence-electron chi connectivity index (χ1n) is 15.8. The van der Waals surface area contributed by atoms with Gasteiger partial charge in [-0.15, -0.1) is 0 Å². The molecule has 1 heterocycles. The van der Waals surface area contributed by atoms with Gasteiger partial charge in [0.2, 0.25) is 0 Å². The van der Waals surface area contributed by atoms with Gasteiger partial charge in [-0.05, 0) is 0 Å². The maximum atomic E-state index is 7.05. The van der Waals surface area contributed by atoms with Crippen molar-refractivity contribution in [3.63, 3.8) is 0 Å². The molecule has 5 rings (SSSR count). The Bertz CT molecular complexity index is 1170. The molecule has 0 atom stereocenters. The fraction of sp³-hybridized carbons (Fsp3) is 0.500. The molecule has 1 aliphatic heterocycles. The summed E-state index contributed by atoms with van der Waals surface area (Å²) in [6.07, 6.45) is 7.85. The Hall–Kier alpha value is -1.66. The molecule has 3 aromatic rings. The Kier molecular flexibility index (Phi) is 9.77. The molecule has 0 N–H and O–H groups in total. The molecule has 0 unspecified atom stereocenters. The molecule has 3 aromatic carbocycles. The van der Waals surface area contributed by atoms with Crippen LogP contribution >= 0.6 is 0 Å². The Morgan fingerprint density at radius 1 is 0.675 bits per heavy atom. The van der Waals surface area contributed by atoms with E-state index in [9.17, 15) is 0 Å². The SMILES string of the molecule is CCC[CH2][Sn]([CH2]CCC)([CH2]CCC)[C]1(OCOC)CN(C2(c3ccccc3)c3ccccc3-c3ccccc32)C1. The van der Waals surface area contributed by atoms with Crippen LogP contribution in [0.5, 0.6) is 0 Å². The van der Waals surface area contributed by atoms with Crippen LogP contribution in [-0.4, -0.2) is 53.9 Å². The molecule has 0 bridgehead atoms. The monoisotopic (exact) mass is 647 g/mol. The van der Waals surface area contributed by atoms with Gasteiger partial charge in [-0.3, -0.25) is 0 Å². The first-order valence-corrected chi connectivity index (χ1v) is 23.2. The van der Waals surface area contributed by atoms with E-state index in [1.807, 2.05) is 0 Å². The summed E-state index contributed by atoms with van der Waals surface area (Å²) in [5.74, 6) is 0. The molecule has 2 aliphatic rings. The Morgan fingerprint density at radius 3 is 1.62 bits per heavy atom. The van der Waals surface area contributed by atoms with Crippen molar-refractivity contribution in [1.82, 2.24) is 4.90 Å². The van der Waals surface area contributed by atoms with Crippen LogP contribution in [0.4, 0.5) is 0 Å². The molecule has 0 spiro atoms. The molecule has 0 amide bonds. The zero-order valence-electron chi connectivity index (χ0n) is 25.3. The molecule has 40 heavy (non-hydrogen) atoms. The van der Waals surface area contributed by atoms with Crippen molar-refractivity contribution in [2.24, 2.45) is 0 Å². The van der Waals surface area contributed by atoms with Gasteiger partial charge in [-0.25, -0.2) is 0 Å². The van der Waals surface area contributed by atoms with Crippen LogP contribution in [0.2, 0.25) is 13.3 Å². The van der Waals surface area contributed by atoms with Gasteiger partial charge >= 0.3 is 248 Å². The number of unbranched alkanes of at least 4 members (excludes halogenated alkanes) is 3. The molecular formula is C36H49NO2Sn. The van der Waals surface area contributed by atoms with Crippen LogP contribution in [-0.2, 0) is 15.0 Å². The van der Waals surface area contributed by atoms with E-state index in [-0.39, 0.29) is 9.16 Å². The van der Waals surface area contributed by atoms with E-state index >= 15 is 0 Å². The number of ether oxygens (including phenoxy) is 2. The number of likely N-dealkylation sites (tertiary alicyclic amines) is 1. The zero-order chi connectivity index (χ0) is 28.1. The quantitative estimate of drug-likeness (QED) is 0.122. The van der Waals surface area contributed by atoms with Gasteiger partial charge in [-0.1, -0.05) is 0 Å². The van der Waals surface area contributed by atoms with E-state index in [1.54, 1.807) is 7.11 Å². The molecule has 0 saturated carbocycles. The second kappa shape index (κ2) is 13.1. The van der Waals surface area contributed by atoms with E-state index in [0.717, 1.165) is 13.1 Å². The summed E-state index contributed by atoms with van der Waals surface area (Å²) in [4.78, 5) is 2.79. The van der Waals surface area contributed by atoms with E-state index in [2.05, 4.69) is 105 Å². The third-order valence-corrected chi connectivity index (χ3v) is 28.0. The summed E-state index contributed by atoms with van der Waals surface area (Å²) in [6, 6.07) is 29.5. The van der Waals surface area contributed by atoms with Gasteiger partial charge in [0.1, 0.15) is 0 Å². The second-order valence-electron chi connectivity index (χ2n) is 12.2. The first-order chi connectivity index (χ1) is 19.6. The Balaban J connectivity index is 1.65. The van der Waals surface area contributed by atoms with Crippen molar-refractivity contribution in [3.8, 4) is 11.1 Å². The van der Waals surface area contributed by atoms with Crippen molar-refractivity contribution in [3.05, 3.63) is 95.6 Å². The van der Waals surface area contributed by atoms with Crippen LogP contribution in [0.25, 0.3) is 11.1 Å². The van der Waals surface area contributed by atoms with Crippen molar-refractivity contribution >= 4 is 18.4 Å². The molecule has 3 nitrogen and oxygen atoms in total. The van der Waals surface area contributed by atoms with Crippen molar-refractivity contribution < 1.29 is 9.47 Å². The molecule has 4 heteroatoms. The third kappa shape index (κ3) is 4.99. The van der Waals surface area contributed by atoms with E-state index in [1.165, 1.54) is 79.7 Å². The first kappa shape index (κ1) is 29.8. The number of rotatable bonds is 15. The molecule has 214 valence electrons. The predicted molar refractivity (Wildman–Crippen MR) is 170 cm³/mol. The number of benzene rings is 3. The van der Waals surface area contributed by atoms with Gasteiger partial charge in [0.05, 0.1) is 0 Å². The van der Waals surface area contributed by atoms with Gasteiger partial charge in [0.15, 0.2) is 0 Å². The average Bonchev–Trinajstić information content (AvgIpc) is 3.28. The van der Waals surface area contributed by atoms with E-state index in [4.69, 9.17) is 9.47 Å². The van der Waals surface area contributed by atoms with Crippen LogP contribution in [0, 0.1) is 0 Å². The molecule has 1 fully saturated rings. The van der Waals surface area contributed by atoms with Gasteiger partial charge in [-0.2, -0.15) is 0 Å². The van der Waals surface area contributed by atoms with Gasteiger partial charge in [0, 0.05) is 0 Å². The molecule has 1 saturated heterocycles. The summed E-state index contributed by atoms with van der Waals surface area (Å²) in [5.41, 5.74) is 6.64. The summed E-state index contributed by atoms with van der Waals surface area (Å²) in [7, 11) is 1.79. The summed E-state index contributed by atoms with van der Waals surface area (Å²) < 4.78 is 17.0. The standard InChI is InChI=1S/C24H22NO2.3C4H9.Sn/c1-26-17-27-19-15-25(16-19)24(18-9-3-2-4-10-18)22-13-7-5-11-20(22)21-12-6-8-14-23(21)24;3*1-3-4-2;/h2-14H,15-17H2,1H3;3*1,3-4H2,2H3;. The summed E-state index contributed by atoms with van der Waals surface area (Å²) in [5, 5.41) is 0. The van der Waals surface area contributed by atoms with E-state index in [0.29, 0.717) is 6.79 Å². The predicted octanol–water partition coefficient (Wildman–Crippen LogP) is 9.02. The molecule has 0 radical (unpaired) electrons. The van der Waals surface area contributed by atoms with Gasteiger partial charge < -0.3 is 0 Å². The summed E-state index contributed by atoms with van der Waals surface area (Å²) in [6.45, 7) is 9.50. The minimum atomic E-state index is -2.82. The Labute approximate surface area is 247 Å². The van der Waals surface area contributed by atoms with Crippen LogP contribution < -0.4 is 0 Å². The number of hydrogen-bond acceptors (Lipinski definition) is 3. The molecule has 1 aliphatic carbocycles. The second-order valence-corrected chi connectivity index (χ2v) is 26.4. The van der Waals surface area contributed by atoms with Gasteiger partial charge in [0.25, 0.3) is 0 Å². The zero-order valence-corrected chi connectivity index (χ0v) is 28.1. The van der Waals surface area contributed by atoms with Crippen LogP contribution in [0.1, 0.15) is 76.0 Å². The normalized spacial score (nSPS) is 17.3. The fourth-order valence-electron chi connectivity index (χ4n) is 7.89. The maximum absolute atomic E-state index is 7.05. The van der Waals surface area contributed by atoms with E-state index < -0.39 is 18.4 Å². The van der Waals surface area contributed by atoms with Crippen LogP contribution in [0.15, 0.2) is 78.9 Å². The third-order valence-electron chi connectivity index (χ3n) is 9.93. The van der Waals surface area contributed by atoms with Crippen LogP contribution in [0.3, 0.4) is 0 Å². The minimum absolute atomic E-state index is 0.0154. The molecular weight excluding hydrogens is 597 g/mol. The number of fused-ring (bicyclic) bond motifs is 3.